The zero-order valence-corrected chi connectivity index (χ0v) is 9.82. The SMILES string of the molecule is Nc1cccc(CCCn2cc([N+](=O)[O-])cn2)c1. The van der Waals surface area contributed by atoms with Crippen LogP contribution in [0.2, 0.25) is 0 Å². The maximum Gasteiger partial charge on any atom is 0.306 e. The summed E-state index contributed by atoms with van der Waals surface area (Å²) in [5, 5.41) is 14.4. The van der Waals surface area contributed by atoms with Gasteiger partial charge in [-0.05, 0) is 30.5 Å². The van der Waals surface area contributed by atoms with Crippen LogP contribution in [0.4, 0.5) is 11.4 Å². The van der Waals surface area contributed by atoms with Crippen molar-refractivity contribution in [3.63, 3.8) is 0 Å². The molecular formula is C12H14N4O2. The van der Waals surface area contributed by atoms with Crippen LogP contribution in [0.15, 0.2) is 36.7 Å². The van der Waals surface area contributed by atoms with Crippen LogP contribution in [-0.4, -0.2) is 14.7 Å². The van der Waals surface area contributed by atoms with E-state index < -0.39 is 4.92 Å². The third-order valence-electron chi connectivity index (χ3n) is 2.63. The molecule has 2 aromatic rings. The Hall–Kier alpha value is -2.37. The van der Waals surface area contributed by atoms with Crippen LogP contribution >= 0.6 is 0 Å². The van der Waals surface area contributed by atoms with E-state index in [-0.39, 0.29) is 5.69 Å². The first kappa shape index (κ1) is 12.1. The lowest BCUT2D eigenvalue weighted by molar-refractivity contribution is -0.385. The number of nitrogens with two attached hydrogens (primary N) is 1. The predicted molar refractivity (Wildman–Crippen MR) is 68.1 cm³/mol. The Kier molecular flexibility index (Phi) is 3.57. The van der Waals surface area contributed by atoms with E-state index in [0.717, 1.165) is 24.1 Å². The molecule has 0 saturated carbocycles. The van der Waals surface area contributed by atoms with Crippen molar-refractivity contribution in [2.75, 3.05) is 5.73 Å². The highest BCUT2D eigenvalue weighted by molar-refractivity contribution is 5.40. The molecular weight excluding hydrogens is 232 g/mol. The minimum atomic E-state index is -0.443. The number of rotatable bonds is 5. The molecule has 94 valence electrons. The molecule has 2 rings (SSSR count). The van der Waals surface area contributed by atoms with E-state index in [2.05, 4.69) is 5.10 Å². The van der Waals surface area contributed by atoms with E-state index in [1.807, 2.05) is 24.3 Å². The van der Waals surface area contributed by atoms with E-state index >= 15 is 0 Å². The summed E-state index contributed by atoms with van der Waals surface area (Å²) >= 11 is 0. The number of hydrogen-bond acceptors (Lipinski definition) is 4. The first-order valence-electron chi connectivity index (χ1n) is 5.66. The highest BCUT2D eigenvalue weighted by atomic mass is 16.6. The summed E-state index contributed by atoms with van der Waals surface area (Å²) in [5.74, 6) is 0. The minimum absolute atomic E-state index is 0.0268. The van der Waals surface area contributed by atoms with Gasteiger partial charge >= 0.3 is 5.69 Å². The van der Waals surface area contributed by atoms with E-state index in [0.29, 0.717) is 6.54 Å². The second kappa shape index (κ2) is 5.31. The fraction of sp³-hybridized carbons (Fsp3) is 0.250. The average molecular weight is 246 g/mol. The lowest BCUT2D eigenvalue weighted by atomic mass is 10.1. The first-order chi connectivity index (χ1) is 8.65. The summed E-state index contributed by atoms with van der Waals surface area (Å²) in [5.41, 5.74) is 7.63. The Balaban J connectivity index is 1.86. The molecule has 0 saturated heterocycles. The fourth-order valence-electron chi connectivity index (χ4n) is 1.76. The molecule has 6 nitrogen and oxygen atoms in total. The molecule has 0 aliphatic rings. The normalized spacial score (nSPS) is 10.4. The summed E-state index contributed by atoms with van der Waals surface area (Å²) in [6.07, 6.45) is 4.45. The molecule has 0 fully saturated rings. The number of aromatic nitrogens is 2. The molecule has 0 aliphatic heterocycles. The van der Waals surface area contributed by atoms with Crippen molar-refractivity contribution in [3.05, 3.63) is 52.3 Å². The quantitative estimate of drug-likeness (QED) is 0.496. The van der Waals surface area contributed by atoms with Gasteiger partial charge < -0.3 is 5.73 Å². The van der Waals surface area contributed by atoms with Gasteiger partial charge in [0.1, 0.15) is 12.4 Å². The topological polar surface area (TPSA) is 87.0 Å². The molecule has 0 spiro atoms. The molecule has 0 bridgehead atoms. The number of nitrogen functional groups attached to an aromatic ring is 1. The van der Waals surface area contributed by atoms with Gasteiger partial charge in [0.25, 0.3) is 0 Å². The largest absolute Gasteiger partial charge is 0.399 e. The van der Waals surface area contributed by atoms with Crippen LogP contribution < -0.4 is 5.73 Å². The number of aryl methyl sites for hydroxylation is 2. The van der Waals surface area contributed by atoms with E-state index in [1.54, 1.807) is 4.68 Å². The summed E-state index contributed by atoms with van der Waals surface area (Å²) < 4.78 is 1.59. The monoisotopic (exact) mass is 246 g/mol. The molecule has 1 aromatic carbocycles. The molecule has 0 atom stereocenters. The second-order valence-electron chi connectivity index (χ2n) is 4.07. The zero-order chi connectivity index (χ0) is 13.0. The molecule has 0 unspecified atom stereocenters. The van der Waals surface area contributed by atoms with Crippen molar-refractivity contribution < 1.29 is 4.92 Å². The van der Waals surface area contributed by atoms with Crippen molar-refractivity contribution in [1.29, 1.82) is 0 Å². The Bertz CT molecular complexity index is 551. The van der Waals surface area contributed by atoms with Crippen molar-refractivity contribution in [3.8, 4) is 0 Å². The number of anilines is 1. The van der Waals surface area contributed by atoms with Crippen molar-refractivity contribution >= 4 is 11.4 Å². The third-order valence-corrected chi connectivity index (χ3v) is 2.63. The number of benzene rings is 1. The van der Waals surface area contributed by atoms with Crippen LogP contribution in [0.5, 0.6) is 0 Å². The Morgan fingerprint density at radius 3 is 2.94 bits per heavy atom. The van der Waals surface area contributed by atoms with Crippen LogP contribution in [0, 0.1) is 10.1 Å². The molecule has 2 N–H and O–H groups in total. The Morgan fingerprint density at radius 2 is 2.28 bits per heavy atom. The van der Waals surface area contributed by atoms with E-state index in [1.165, 1.54) is 12.4 Å². The maximum atomic E-state index is 10.5. The first-order valence-corrected chi connectivity index (χ1v) is 5.66. The molecule has 1 heterocycles. The van der Waals surface area contributed by atoms with Gasteiger partial charge in [0.2, 0.25) is 0 Å². The Morgan fingerprint density at radius 1 is 1.44 bits per heavy atom. The summed E-state index contributed by atoms with van der Waals surface area (Å²) in [4.78, 5) is 10.0. The molecule has 1 aromatic heterocycles. The number of nitro groups is 1. The van der Waals surface area contributed by atoms with E-state index in [9.17, 15) is 10.1 Å². The van der Waals surface area contributed by atoms with Crippen LogP contribution in [0.3, 0.4) is 0 Å². The van der Waals surface area contributed by atoms with Crippen molar-refractivity contribution in [1.82, 2.24) is 9.78 Å². The fourth-order valence-corrected chi connectivity index (χ4v) is 1.76. The van der Waals surface area contributed by atoms with Crippen LogP contribution in [0.25, 0.3) is 0 Å². The third kappa shape index (κ3) is 3.07. The summed E-state index contributed by atoms with van der Waals surface area (Å²) in [6, 6.07) is 7.72. The van der Waals surface area contributed by atoms with Gasteiger partial charge in [-0.1, -0.05) is 12.1 Å². The van der Waals surface area contributed by atoms with Gasteiger partial charge in [0.05, 0.1) is 4.92 Å². The second-order valence-corrected chi connectivity index (χ2v) is 4.07. The van der Waals surface area contributed by atoms with Crippen molar-refractivity contribution in [2.45, 2.75) is 19.4 Å². The molecule has 0 radical (unpaired) electrons. The van der Waals surface area contributed by atoms with Gasteiger partial charge in [-0.15, -0.1) is 0 Å². The standard InChI is InChI=1S/C12H14N4O2/c13-11-5-1-3-10(7-11)4-2-6-15-9-12(8-14-15)16(17)18/h1,3,5,7-9H,2,4,6,13H2. The van der Waals surface area contributed by atoms with Crippen molar-refractivity contribution in [2.24, 2.45) is 0 Å². The lowest BCUT2D eigenvalue weighted by Gasteiger charge is -2.02. The lowest BCUT2D eigenvalue weighted by Crippen LogP contribution is -2.00. The molecule has 0 amide bonds. The van der Waals surface area contributed by atoms with Crippen LogP contribution in [-0.2, 0) is 13.0 Å². The average Bonchev–Trinajstić information content (AvgIpc) is 2.78. The predicted octanol–water partition coefficient (Wildman–Crippen LogP) is 2.01. The molecule has 0 aliphatic carbocycles. The minimum Gasteiger partial charge on any atom is -0.399 e. The van der Waals surface area contributed by atoms with Crippen LogP contribution in [0.1, 0.15) is 12.0 Å². The highest BCUT2D eigenvalue weighted by Crippen LogP contribution is 2.11. The molecule has 6 heteroatoms. The smallest absolute Gasteiger partial charge is 0.306 e. The number of hydrogen-bond donors (Lipinski definition) is 1. The van der Waals surface area contributed by atoms with Gasteiger partial charge in [-0.25, -0.2) is 0 Å². The summed E-state index contributed by atoms with van der Waals surface area (Å²) in [7, 11) is 0. The Labute approximate surface area is 104 Å². The number of nitrogens with zero attached hydrogens (tertiary/aromatic N) is 3. The van der Waals surface area contributed by atoms with E-state index in [4.69, 9.17) is 5.73 Å². The van der Waals surface area contributed by atoms with Gasteiger partial charge in [-0.2, -0.15) is 5.10 Å². The maximum absolute atomic E-state index is 10.5. The zero-order valence-electron chi connectivity index (χ0n) is 9.82. The highest BCUT2D eigenvalue weighted by Gasteiger charge is 2.08. The van der Waals surface area contributed by atoms with Gasteiger partial charge in [-0.3, -0.25) is 14.8 Å². The molecule has 18 heavy (non-hydrogen) atoms. The van der Waals surface area contributed by atoms with Gasteiger partial charge in [0, 0.05) is 12.2 Å². The van der Waals surface area contributed by atoms with Gasteiger partial charge in [0.15, 0.2) is 0 Å². The summed E-state index contributed by atoms with van der Waals surface area (Å²) in [6.45, 7) is 0.655.